The van der Waals surface area contributed by atoms with Gasteiger partial charge in [-0.05, 0) is 13.8 Å². The Bertz CT molecular complexity index is 211. The molecule has 0 bridgehead atoms. The maximum Gasteiger partial charge on any atom is 0.0897 e. The number of ether oxygens (including phenoxy) is 3. The lowest BCUT2D eigenvalue weighted by Gasteiger charge is -2.16. The zero-order valence-corrected chi connectivity index (χ0v) is 11.8. The van der Waals surface area contributed by atoms with Crippen molar-refractivity contribution in [3.63, 3.8) is 0 Å². The number of aliphatic hydroxyl groups excluding tert-OH is 1. The molecule has 0 saturated carbocycles. The van der Waals surface area contributed by atoms with Crippen molar-refractivity contribution >= 4 is 0 Å². The lowest BCUT2D eigenvalue weighted by atomic mass is 10.3. The highest BCUT2D eigenvalue weighted by Crippen LogP contribution is 1.93. The molecule has 0 amide bonds. The van der Waals surface area contributed by atoms with Gasteiger partial charge < -0.3 is 24.6 Å². The van der Waals surface area contributed by atoms with Gasteiger partial charge >= 0.3 is 0 Å². The Kier molecular flexibility index (Phi) is 11.3. The third kappa shape index (κ3) is 12.0. The average molecular weight is 261 g/mol. The molecule has 0 aliphatic rings. The third-order valence-electron chi connectivity index (χ3n) is 2.13. The standard InChI is InChI=1S/C13H27NO4/c1-11(2)8-17-6-5-14-7-13(15)10-18-12(3)9-16-4/h12-15H,1,5-10H2,2-4H3. The second kappa shape index (κ2) is 11.6. The van der Waals surface area contributed by atoms with Crippen molar-refractivity contribution in [3.05, 3.63) is 12.2 Å². The molecule has 0 aromatic heterocycles. The smallest absolute Gasteiger partial charge is 0.0897 e. The summed E-state index contributed by atoms with van der Waals surface area (Å²) in [5.41, 5.74) is 1.01. The van der Waals surface area contributed by atoms with Gasteiger partial charge in [0.25, 0.3) is 0 Å². The summed E-state index contributed by atoms with van der Waals surface area (Å²) in [6.07, 6.45) is -0.506. The zero-order chi connectivity index (χ0) is 13.8. The average Bonchev–Trinajstić information content (AvgIpc) is 2.31. The summed E-state index contributed by atoms with van der Waals surface area (Å²) < 4.78 is 15.6. The Hall–Kier alpha value is -0.460. The number of aliphatic hydroxyl groups is 1. The van der Waals surface area contributed by atoms with Crippen LogP contribution in [0.4, 0.5) is 0 Å². The molecule has 0 saturated heterocycles. The van der Waals surface area contributed by atoms with Gasteiger partial charge in [0.05, 0.1) is 38.6 Å². The van der Waals surface area contributed by atoms with Crippen LogP contribution < -0.4 is 5.32 Å². The molecule has 5 nitrogen and oxygen atoms in total. The normalized spacial score (nSPS) is 14.4. The quantitative estimate of drug-likeness (QED) is 0.397. The van der Waals surface area contributed by atoms with E-state index in [0.29, 0.717) is 39.5 Å². The highest BCUT2D eigenvalue weighted by molar-refractivity contribution is 4.87. The summed E-state index contributed by atoms with van der Waals surface area (Å²) in [5, 5.41) is 12.7. The lowest BCUT2D eigenvalue weighted by Crippen LogP contribution is -2.34. The van der Waals surface area contributed by atoms with E-state index in [0.717, 1.165) is 5.57 Å². The fraction of sp³-hybridized carbons (Fsp3) is 0.846. The first-order chi connectivity index (χ1) is 8.56. The number of hydrogen-bond donors (Lipinski definition) is 2. The maximum absolute atomic E-state index is 9.63. The van der Waals surface area contributed by atoms with Crippen molar-refractivity contribution in [1.29, 1.82) is 0 Å². The van der Waals surface area contributed by atoms with Gasteiger partial charge in [-0.15, -0.1) is 0 Å². The van der Waals surface area contributed by atoms with Crippen molar-refractivity contribution in [2.24, 2.45) is 0 Å². The molecular weight excluding hydrogens is 234 g/mol. The molecule has 2 atom stereocenters. The number of nitrogens with one attached hydrogen (secondary N) is 1. The first-order valence-corrected chi connectivity index (χ1v) is 6.27. The Balaban J connectivity index is 3.31. The minimum atomic E-state index is -0.509. The van der Waals surface area contributed by atoms with Gasteiger partial charge in [0, 0.05) is 20.2 Å². The largest absolute Gasteiger partial charge is 0.389 e. The first-order valence-electron chi connectivity index (χ1n) is 6.27. The summed E-state index contributed by atoms with van der Waals surface area (Å²) in [6.45, 7) is 10.8. The fourth-order valence-corrected chi connectivity index (χ4v) is 1.28. The molecule has 108 valence electrons. The molecule has 0 aliphatic heterocycles. The first kappa shape index (κ1) is 17.5. The molecule has 5 heteroatoms. The fourth-order valence-electron chi connectivity index (χ4n) is 1.28. The maximum atomic E-state index is 9.63. The molecule has 0 fully saturated rings. The zero-order valence-electron chi connectivity index (χ0n) is 11.8. The molecular formula is C13H27NO4. The van der Waals surface area contributed by atoms with E-state index >= 15 is 0 Å². The second-order valence-corrected chi connectivity index (χ2v) is 4.47. The Morgan fingerprint density at radius 2 is 2.11 bits per heavy atom. The summed E-state index contributed by atoms with van der Waals surface area (Å²) >= 11 is 0. The van der Waals surface area contributed by atoms with E-state index in [9.17, 15) is 5.11 Å². The predicted molar refractivity (Wildman–Crippen MR) is 71.8 cm³/mol. The van der Waals surface area contributed by atoms with Gasteiger partial charge in [0.2, 0.25) is 0 Å². The molecule has 0 aromatic rings. The van der Waals surface area contributed by atoms with Crippen molar-refractivity contribution in [2.75, 3.05) is 46.6 Å². The highest BCUT2D eigenvalue weighted by atomic mass is 16.5. The number of hydrogen-bond acceptors (Lipinski definition) is 5. The minimum absolute atomic E-state index is 0.00329. The van der Waals surface area contributed by atoms with Crippen LogP contribution in [0.25, 0.3) is 0 Å². The van der Waals surface area contributed by atoms with Crippen LogP contribution in [-0.4, -0.2) is 63.9 Å². The predicted octanol–water partition coefficient (Wildman–Crippen LogP) is 0.581. The topological polar surface area (TPSA) is 60.0 Å². The molecule has 2 N–H and O–H groups in total. The summed E-state index contributed by atoms with van der Waals surface area (Å²) in [7, 11) is 1.63. The van der Waals surface area contributed by atoms with Gasteiger partial charge in [-0.3, -0.25) is 0 Å². The molecule has 0 aromatic carbocycles. The van der Waals surface area contributed by atoms with E-state index < -0.39 is 6.10 Å². The number of methoxy groups -OCH3 is 1. The highest BCUT2D eigenvalue weighted by Gasteiger charge is 2.07. The Morgan fingerprint density at radius 3 is 2.72 bits per heavy atom. The molecule has 0 aliphatic carbocycles. The van der Waals surface area contributed by atoms with Crippen molar-refractivity contribution in [3.8, 4) is 0 Å². The molecule has 0 spiro atoms. The molecule has 0 radical (unpaired) electrons. The summed E-state index contributed by atoms with van der Waals surface area (Å²) in [6, 6.07) is 0. The third-order valence-corrected chi connectivity index (χ3v) is 2.13. The van der Waals surface area contributed by atoms with Crippen LogP contribution in [0.3, 0.4) is 0 Å². The van der Waals surface area contributed by atoms with E-state index in [1.54, 1.807) is 7.11 Å². The van der Waals surface area contributed by atoms with Crippen LogP contribution in [0.1, 0.15) is 13.8 Å². The van der Waals surface area contributed by atoms with E-state index in [1.165, 1.54) is 0 Å². The Morgan fingerprint density at radius 1 is 1.39 bits per heavy atom. The van der Waals surface area contributed by atoms with Crippen LogP contribution in [-0.2, 0) is 14.2 Å². The molecule has 18 heavy (non-hydrogen) atoms. The van der Waals surface area contributed by atoms with Crippen molar-refractivity contribution in [2.45, 2.75) is 26.1 Å². The van der Waals surface area contributed by atoms with E-state index in [4.69, 9.17) is 14.2 Å². The second-order valence-electron chi connectivity index (χ2n) is 4.47. The van der Waals surface area contributed by atoms with Gasteiger partial charge in [-0.2, -0.15) is 0 Å². The van der Waals surface area contributed by atoms with Crippen LogP contribution in [0, 0.1) is 0 Å². The monoisotopic (exact) mass is 261 g/mol. The van der Waals surface area contributed by atoms with Crippen LogP contribution in [0.15, 0.2) is 12.2 Å². The SMILES string of the molecule is C=C(C)COCCNCC(O)COC(C)COC. The summed E-state index contributed by atoms with van der Waals surface area (Å²) in [4.78, 5) is 0. The van der Waals surface area contributed by atoms with Crippen LogP contribution in [0.5, 0.6) is 0 Å². The van der Waals surface area contributed by atoms with Crippen molar-refractivity contribution in [1.82, 2.24) is 5.32 Å². The van der Waals surface area contributed by atoms with Crippen LogP contribution >= 0.6 is 0 Å². The Labute approximate surface area is 110 Å². The molecule has 0 heterocycles. The minimum Gasteiger partial charge on any atom is -0.389 e. The lowest BCUT2D eigenvalue weighted by molar-refractivity contribution is -0.0312. The molecule has 0 rings (SSSR count). The van der Waals surface area contributed by atoms with Crippen molar-refractivity contribution < 1.29 is 19.3 Å². The molecule has 2 unspecified atom stereocenters. The van der Waals surface area contributed by atoms with Crippen LogP contribution in [0.2, 0.25) is 0 Å². The van der Waals surface area contributed by atoms with E-state index in [2.05, 4.69) is 11.9 Å². The van der Waals surface area contributed by atoms with Gasteiger partial charge in [-0.25, -0.2) is 0 Å². The van der Waals surface area contributed by atoms with Gasteiger partial charge in [0.1, 0.15) is 0 Å². The summed E-state index contributed by atoms with van der Waals surface area (Å²) in [5.74, 6) is 0. The van der Waals surface area contributed by atoms with Gasteiger partial charge in [0.15, 0.2) is 0 Å². The van der Waals surface area contributed by atoms with Gasteiger partial charge in [-0.1, -0.05) is 12.2 Å². The number of rotatable bonds is 12. The van der Waals surface area contributed by atoms with E-state index in [1.807, 2.05) is 13.8 Å². The van der Waals surface area contributed by atoms with E-state index in [-0.39, 0.29) is 6.10 Å².